The van der Waals surface area contributed by atoms with Crippen LogP contribution in [0.4, 0.5) is 5.69 Å². The summed E-state index contributed by atoms with van der Waals surface area (Å²) in [6.45, 7) is 2.81. The number of amides is 2. The Morgan fingerprint density at radius 1 is 1.09 bits per heavy atom. The van der Waals surface area contributed by atoms with Gasteiger partial charge in [-0.25, -0.2) is 4.98 Å². The zero-order chi connectivity index (χ0) is 23.5. The first-order chi connectivity index (χ1) is 16.6. The Bertz CT molecular complexity index is 1150. The van der Waals surface area contributed by atoms with Crippen LogP contribution in [-0.4, -0.2) is 53.0 Å². The minimum atomic E-state index is -0.284. The molecule has 0 N–H and O–H groups in total. The van der Waals surface area contributed by atoms with Crippen LogP contribution in [-0.2, 0) is 16.1 Å². The van der Waals surface area contributed by atoms with Crippen molar-refractivity contribution >= 4 is 17.5 Å². The van der Waals surface area contributed by atoms with Gasteiger partial charge in [-0.05, 0) is 30.9 Å². The molecule has 1 unspecified atom stereocenters. The molecule has 2 aliphatic rings. The molecule has 3 aromatic rings. The molecule has 34 heavy (non-hydrogen) atoms. The van der Waals surface area contributed by atoms with Crippen molar-refractivity contribution in [2.75, 3.05) is 31.6 Å². The zero-order valence-corrected chi connectivity index (χ0v) is 19.5. The molecular formula is C27H30N4O3. The number of benzene rings is 2. The Balaban J connectivity index is 1.17. The van der Waals surface area contributed by atoms with Crippen LogP contribution in [0.1, 0.15) is 19.3 Å². The molecule has 176 valence electrons. The van der Waals surface area contributed by atoms with Gasteiger partial charge in [0.05, 0.1) is 13.0 Å². The highest BCUT2D eigenvalue weighted by Crippen LogP contribution is 2.30. The molecule has 2 amide bonds. The summed E-state index contributed by atoms with van der Waals surface area (Å²) in [5, 5.41) is 0. The normalized spacial score (nSPS) is 19.0. The van der Waals surface area contributed by atoms with Crippen LogP contribution < -0.4 is 9.64 Å². The monoisotopic (exact) mass is 458 g/mol. The van der Waals surface area contributed by atoms with Gasteiger partial charge >= 0.3 is 0 Å². The Labute approximate surface area is 200 Å². The Morgan fingerprint density at radius 3 is 2.65 bits per heavy atom. The van der Waals surface area contributed by atoms with Crippen LogP contribution in [0.5, 0.6) is 5.75 Å². The van der Waals surface area contributed by atoms with Gasteiger partial charge in [0.1, 0.15) is 11.6 Å². The lowest BCUT2D eigenvalue weighted by Crippen LogP contribution is -2.43. The van der Waals surface area contributed by atoms with Crippen LogP contribution in [0.2, 0.25) is 0 Å². The van der Waals surface area contributed by atoms with Crippen LogP contribution in [0, 0.1) is 11.8 Å². The van der Waals surface area contributed by atoms with Crippen LogP contribution in [0.25, 0.3) is 11.4 Å². The van der Waals surface area contributed by atoms with E-state index in [4.69, 9.17) is 4.74 Å². The van der Waals surface area contributed by atoms with Gasteiger partial charge in [-0.15, -0.1) is 0 Å². The van der Waals surface area contributed by atoms with Crippen molar-refractivity contribution in [2.24, 2.45) is 11.8 Å². The van der Waals surface area contributed by atoms with E-state index in [0.29, 0.717) is 18.2 Å². The number of anilines is 1. The Hall–Kier alpha value is -3.61. The summed E-state index contributed by atoms with van der Waals surface area (Å²) in [4.78, 5) is 34.1. The fourth-order valence-corrected chi connectivity index (χ4v) is 5.08. The van der Waals surface area contributed by atoms with Crippen molar-refractivity contribution in [1.29, 1.82) is 0 Å². The number of piperidine rings is 1. The molecule has 0 radical (unpaired) electrons. The quantitative estimate of drug-likeness (QED) is 0.563. The van der Waals surface area contributed by atoms with E-state index in [-0.39, 0.29) is 24.2 Å². The predicted molar refractivity (Wildman–Crippen MR) is 130 cm³/mol. The second-order valence-electron chi connectivity index (χ2n) is 9.14. The van der Waals surface area contributed by atoms with Crippen molar-refractivity contribution < 1.29 is 14.3 Å². The van der Waals surface area contributed by atoms with E-state index in [2.05, 4.69) is 21.7 Å². The minimum Gasteiger partial charge on any atom is -0.497 e. The van der Waals surface area contributed by atoms with Crippen molar-refractivity contribution in [1.82, 2.24) is 14.5 Å². The molecular weight excluding hydrogens is 428 g/mol. The molecule has 2 fully saturated rings. The van der Waals surface area contributed by atoms with E-state index < -0.39 is 0 Å². The number of hydrogen-bond donors (Lipinski definition) is 0. The summed E-state index contributed by atoms with van der Waals surface area (Å²) < 4.78 is 7.50. The number of carbonyl (C=O) groups is 2. The average Bonchev–Trinajstić information content (AvgIpc) is 3.51. The second kappa shape index (κ2) is 9.71. The van der Waals surface area contributed by atoms with Gasteiger partial charge in [0.15, 0.2) is 0 Å². The Morgan fingerprint density at radius 2 is 1.88 bits per heavy atom. The molecule has 7 heteroatoms. The molecule has 3 heterocycles. The lowest BCUT2D eigenvalue weighted by atomic mass is 9.95. The fourth-order valence-electron chi connectivity index (χ4n) is 5.08. The third kappa shape index (κ3) is 4.55. The van der Waals surface area contributed by atoms with E-state index >= 15 is 0 Å². The van der Waals surface area contributed by atoms with E-state index in [1.54, 1.807) is 12.0 Å². The van der Waals surface area contributed by atoms with Gasteiger partial charge in [0, 0.05) is 62.3 Å². The third-order valence-electron chi connectivity index (χ3n) is 6.97. The molecule has 0 aliphatic carbocycles. The van der Waals surface area contributed by atoms with Gasteiger partial charge in [-0.1, -0.05) is 36.4 Å². The molecule has 1 aromatic heterocycles. The van der Waals surface area contributed by atoms with Crippen LogP contribution in [0.3, 0.4) is 0 Å². The van der Waals surface area contributed by atoms with Gasteiger partial charge in [0.25, 0.3) is 0 Å². The first kappa shape index (κ1) is 22.2. The molecule has 2 aliphatic heterocycles. The summed E-state index contributed by atoms with van der Waals surface area (Å²) in [7, 11) is 1.61. The van der Waals surface area contributed by atoms with E-state index in [1.807, 2.05) is 59.8 Å². The SMILES string of the molecule is COc1cccc(N2CC(C(=O)N3CCC(Cn4ccnc4-c4ccccc4)CC3)CC2=O)c1. The Kier molecular flexibility index (Phi) is 6.34. The first-order valence-corrected chi connectivity index (χ1v) is 11.9. The van der Waals surface area contributed by atoms with E-state index in [0.717, 1.165) is 49.6 Å². The highest BCUT2D eigenvalue weighted by molar-refractivity contribution is 6.00. The van der Waals surface area contributed by atoms with Crippen LogP contribution >= 0.6 is 0 Å². The number of aromatic nitrogens is 2. The summed E-state index contributed by atoms with van der Waals surface area (Å²) in [5.74, 6) is 2.00. The van der Waals surface area contributed by atoms with Crippen molar-refractivity contribution in [3.8, 4) is 17.1 Å². The number of methoxy groups -OCH3 is 1. The van der Waals surface area contributed by atoms with E-state index in [1.165, 1.54) is 0 Å². The average molecular weight is 459 g/mol. The smallest absolute Gasteiger partial charge is 0.228 e. The number of ether oxygens (including phenoxy) is 1. The fraction of sp³-hybridized carbons (Fsp3) is 0.370. The highest BCUT2D eigenvalue weighted by Gasteiger charge is 2.38. The maximum absolute atomic E-state index is 13.2. The molecule has 0 spiro atoms. The lowest BCUT2D eigenvalue weighted by Gasteiger charge is -2.33. The second-order valence-corrected chi connectivity index (χ2v) is 9.14. The number of hydrogen-bond acceptors (Lipinski definition) is 4. The molecule has 2 aromatic carbocycles. The zero-order valence-electron chi connectivity index (χ0n) is 19.5. The molecule has 7 nitrogen and oxygen atoms in total. The lowest BCUT2D eigenvalue weighted by molar-refractivity contribution is -0.137. The predicted octanol–water partition coefficient (Wildman–Crippen LogP) is 3.85. The molecule has 0 saturated carbocycles. The number of carbonyl (C=O) groups excluding carboxylic acids is 2. The molecule has 1 atom stereocenters. The maximum atomic E-state index is 13.2. The summed E-state index contributed by atoms with van der Waals surface area (Å²) in [6, 6.07) is 17.7. The summed E-state index contributed by atoms with van der Waals surface area (Å²) in [6.07, 6.45) is 6.08. The summed E-state index contributed by atoms with van der Waals surface area (Å²) >= 11 is 0. The molecule has 2 saturated heterocycles. The van der Waals surface area contributed by atoms with Crippen molar-refractivity contribution in [3.63, 3.8) is 0 Å². The number of rotatable bonds is 6. The topological polar surface area (TPSA) is 67.7 Å². The number of nitrogens with zero attached hydrogens (tertiary/aromatic N) is 4. The van der Waals surface area contributed by atoms with Crippen molar-refractivity contribution in [2.45, 2.75) is 25.8 Å². The standard InChI is InChI=1S/C27H30N4O3/c1-34-24-9-5-8-23(17-24)31-19-22(16-25(31)32)27(33)29-13-10-20(11-14-29)18-30-15-12-28-26(30)21-6-3-2-4-7-21/h2-9,12,15,17,20,22H,10-11,13-14,16,18-19H2,1H3. The summed E-state index contributed by atoms with van der Waals surface area (Å²) in [5.41, 5.74) is 1.90. The van der Waals surface area contributed by atoms with Gasteiger partial charge in [0.2, 0.25) is 11.8 Å². The minimum absolute atomic E-state index is 0.00459. The van der Waals surface area contributed by atoms with Gasteiger partial charge in [-0.2, -0.15) is 0 Å². The first-order valence-electron chi connectivity index (χ1n) is 11.9. The van der Waals surface area contributed by atoms with E-state index in [9.17, 15) is 9.59 Å². The number of likely N-dealkylation sites (tertiary alicyclic amines) is 1. The van der Waals surface area contributed by atoms with Gasteiger partial charge < -0.3 is 19.1 Å². The largest absolute Gasteiger partial charge is 0.497 e. The van der Waals surface area contributed by atoms with Crippen LogP contribution in [0.15, 0.2) is 67.0 Å². The molecule has 5 rings (SSSR count). The maximum Gasteiger partial charge on any atom is 0.228 e. The van der Waals surface area contributed by atoms with Crippen molar-refractivity contribution in [3.05, 3.63) is 67.0 Å². The third-order valence-corrected chi connectivity index (χ3v) is 6.97. The number of imidazole rings is 1. The molecule has 0 bridgehead atoms. The highest BCUT2D eigenvalue weighted by atomic mass is 16.5. The van der Waals surface area contributed by atoms with Gasteiger partial charge in [-0.3, -0.25) is 9.59 Å².